The van der Waals surface area contributed by atoms with Crippen molar-refractivity contribution in [3.63, 3.8) is 0 Å². The summed E-state index contributed by atoms with van der Waals surface area (Å²) in [5, 5.41) is 0. The first-order chi connectivity index (χ1) is 12.5. The van der Waals surface area contributed by atoms with Crippen LogP contribution in [-0.4, -0.2) is 41.4 Å². The van der Waals surface area contributed by atoms with Gasteiger partial charge in [0, 0.05) is 13.6 Å². The van der Waals surface area contributed by atoms with Crippen LogP contribution >= 0.6 is 0 Å². The number of nitrogens with two attached hydrogens (primary N) is 1. The average Bonchev–Trinajstić information content (AvgIpc) is 2.64. The zero-order valence-corrected chi connectivity index (χ0v) is 14.9. The van der Waals surface area contributed by atoms with Crippen LogP contribution in [0.1, 0.15) is 18.9 Å². The lowest BCUT2D eigenvalue weighted by molar-refractivity contribution is -0.133. The molecule has 0 aliphatic carbocycles. The van der Waals surface area contributed by atoms with E-state index in [-0.39, 0.29) is 24.2 Å². The Balaban J connectivity index is 1.80. The third-order valence-electron chi connectivity index (χ3n) is 4.28. The number of nitrogen functional groups attached to an aromatic ring is 1. The van der Waals surface area contributed by atoms with Crippen LogP contribution < -0.4 is 15.4 Å². The number of anilines is 2. The number of carbonyl (C=O) groups is 2. The van der Waals surface area contributed by atoms with Crippen molar-refractivity contribution in [2.75, 3.05) is 24.2 Å². The average molecular weight is 354 g/mol. The first kappa shape index (κ1) is 17.7. The predicted octanol–water partition coefficient (Wildman–Crippen LogP) is 1.83. The van der Waals surface area contributed by atoms with Gasteiger partial charge in [-0.25, -0.2) is 4.98 Å². The number of fused-ring (bicyclic) bond motifs is 1. The van der Waals surface area contributed by atoms with E-state index in [1.165, 1.54) is 4.90 Å². The number of aromatic nitrogens is 1. The molecule has 0 fully saturated rings. The van der Waals surface area contributed by atoms with Crippen molar-refractivity contribution in [3.05, 3.63) is 48.0 Å². The highest BCUT2D eigenvalue weighted by Crippen LogP contribution is 2.33. The minimum absolute atomic E-state index is 0.106. The van der Waals surface area contributed by atoms with Crippen LogP contribution in [0.25, 0.3) is 0 Å². The second-order valence-corrected chi connectivity index (χ2v) is 6.23. The highest BCUT2D eigenvalue weighted by Gasteiger charge is 2.36. The Kier molecular flexibility index (Phi) is 5.06. The van der Waals surface area contributed by atoms with Gasteiger partial charge < -0.3 is 15.4 Å². The quantitative estimate of drug-likeness (QED) is 0.885. The van der Waals surface area contributed by atoms with Gasteiger partial charge in [0.25, 0.3) is 5.91 Å². The van der Waals surface area contributed by atoms with Gasteiger partial charge in [0.05, 0.1) is 0 Å². The highest BCUT2D eigenvalue weighted by atomic mass is 16.5. The lowest BCUT2D eigenvalue weighted by Gasteiger charge is -2.33. The molecule has 0 radical (unpaired) electrons. The zero-order valence-electron chi connectivity index (χ0n) is 14.9. The third-order valence-corrected chi connectivity index (χ3v) is 4.28. The molecule has 1 aliphatic rings. The van der Waals surface area contributed by atoms with Crippen LogP contribution in [0.3, 0.4) is 0 Å². The first-order valence-electron chi connectivity index (χ1n) is 8.52. The third kappa shape index (κ3) is 3.61. The zero-order chi connectivity index (χ0) is 18.7. The summed E-state index contributed by atoms with van der Waals surface area (Å²) in [5.41, 5.74) is 6.77. The van der Waals surface area contributed by atoms with Gasteiger partial charge in [-0.15, -0.1) is 0 Å². The Morgan fingerprint density at radius 1 is 1.27 bits per heavy atom. The summed E-state index contributed by atoms with van der Waals surface area (Å²) in [6, 6.07) is 13.0. The first-order valence-corrected chi connectivity index (χ1v) is 8.52. The van der Waals surface area contributed by atoms with E-state index in [9.17, 15) is 9.59 Å². The largest absolute Gasteiger partial charge is 0.477 e. The number of carbonyl (C=O) groups excluding carboxylic acids is 2. The fourth-order valence-corrected chi connectivity index (χ4v) is 2.83. The Morgan fingerprint density at radius 3 is 2.69 bits per heavy atom. The molecule has 2 N–H and O–H groups in total. The Hall–Kier alpha value is -3.09. The van der Waals surface area contributed by atoms with Gasteiger partial charge in [-0.1, -0.05) is 37.3 Å². The molecule has 7 nitrogen and oxygen atoms in total. The van der Waals surface area contributed by atoms with Gasteiger partial charge in [-0.05, 0) is 24.1 Å². The molecule has 1 aromatic carbocycles. The summed E-state index contributed by atoms with van der Waals surface area (Å²) in [6.45, 7) is 2.22. The monoisotopic (exact) mass is 354 g/mol. The standard InChI is InChI=1S/C19H22N4O3/c1-3-14-19(25)23(18-15(26-14)9-10-16(20)21-18)12-17(24)22(2)11-13-7-5-4-6-8-13/h4-10,14H,3,11-12H2,1-2H3,(H2,20,21). The Labute approximate surface area is 152 Å². The van der Waals surface area contributed by atoms with Gasteiger partial charge in [-0.2, -0.15) is 0 Å². The van der Waals surface area contributed by atoms with Crippen molar-refractivity contribution in [3.8, 4) is 5.75 Å². The van der Waals surface area contributed by atoms with Crippen LogP contribution in [0, 0.1) is 0 Å². The second kappa shape index (κ2) is 7.43. The van der Waals surface area contributed by atoms with Gasteiger partial charge >= 0.3 is 0 Å². The maximum absolute atomic E-state index is 12.7. The number of nitrogens with zero attached hydrogens (tertiary/aromatic N) is 3. The molecular weight excluding hydrogens is 332 g/mol. The molecule has 2 amide bonds. The van der Waals surface area contributed by atoms with Crippen LogP contribution in [0.2, 0.25) is 0 Å². The van der Waals surface area contributed by atoms with E-state index in [2.05, 4.69) is 4.98 Å². The van der Waals surface area contributed by atoms with Gasteiger partial charge in [-0.3, -0.25) is 14.5 Å². The number of pyridine rings is 1. The maximum Gasteiger partial charge on any atom is 0.269 e. The van der Waals surface area contributed by atoms with Crippen molar-refractivity contribution in [1.82, 2.24) is 9.88 Å². The molecule has 2 aromatic rings. The van der Waals surface area contributed by atoms with E-state index < -0.39 is 6.10 Å². The van der Waals surface area contributed by atoms with Crippen LogP contribution in [0.15, 0.2) is 42.5 Å². The normalized spacial score (nSPS) is 16.0. The molecule has 26 heavy (non-hydrogen) atoms. The minimum Gasteiger partial charge on any atom is -0.477 e. The molecule has 1 atom stereocenters. The molecule has 0 saturated carbocycles. The van der Waals surface area contributed by atoms with Gasteiger partial charge in [0.15, 0.2) is 17.7 Å². The number of amides is 2. The maximum atomic E-state index is 12.7. The smallest absolute Gasteiger partial charge is 0.269 e. The Bertz CT molecular complexity index is 810. The van der Waals surface area contributed by atoms with Crippen LogP contribution in [-0.2, 0) is 16.1 Å². The molecule has 136 valence electrons. The summed E-state index contributed by atoms with van der Waals surface area (Å²) < 4.78 is 5.68. The van der Waals surface area contributed by atoms with Crippen molar-refractivity contribution < 1.29 is 14.3 Å². The van der Waals surface area contributed by atoms with E-state index in [1.807, 2.05) is 37.3 Å². The van der Waals surface area contributed by atoms with Gasteiger partial charge in [0.1, 0.15) is 12.4 Å². The summed E-state index contributed by atoms with van der Waals surface area (Å²) in [4.78, 5) is 32.5. The number of rotatable bonds is 5. The second-order valence-electron chi connectivity index (χ2n) is 6.23. The SMILES string of the molecule is CCC1Oc2ccc(N)nc2N(CC(=O)N(C)Cc2ccccc2)C1=O. The topological polar surface area (TPSA) is 88.8 Å². The highest BCUT2D eigenvalue weighted by molar-refractivity contribution is 6.03. The summed E-state index contributed by atoms with van der Waals surface area (Å²) in [7, 11) is 1.71. The Morgan fingerprint density at radius 2 is 2.00 bits per heavy atom. The number of hydrogen-bond donors (Lipinski definition) is 1. The molecule has 7 heteroatoms. The number of hydrogen-bond acceptors (Lipinski definition) is 5. The molecule has 0 bridgehead atoms. The van der Waals surface area contributed by atoms with E-state index in [1.54, 1.807) is 24.1 Å². The van der Waals surface area contributed by atoms with Crippen molar-refractivity contribution in [2.24, 2.45) is 0 Å². The molecule has 0 saturated heterocycles. The molecule has 0 spiro atoms. The van der Waals surface area contributed by atoms with E-state index >= 15 is 0 Å². The van der Waals surface area contributed by atoms with Gasteiger partial charge in [0.2, 0.25) is 5.91 Å². The van der Waals surface area contributed by atoms with Crippen molar-refractivity contribution >= 4 is 23.5 Å². The lowest BCUT2D eigenvalue weighted by Crippen LogP contribution is -2.50. The fourth-order valence-electron chi connectivity index (χ4n) is 2.83. The van der Waals surface area contributed by atoms with Crippen molar-refractivity contribution in [1.29, 1.82) is 0 Å². The molecule has 1 aliphatic heterocycles. The summed E-state index contributed by atoms with van der Waals surface area (Å²) in [5.74, 6) is 0.559. The minimum atomic E-state index is -0.625. The number of ether oxygens (including phenoxy) is 1. The molecular formula is C19H22N4O3. The summed E-state index contributed by atoms with van der Waals surface area (Å²) >= 11 is 0. The fraction of sp³-hybridized carbons (Fsp3) is 0.316. The molecule has 1 unspecified atom stereocenters. The number of benzene rings is 1. The molecule has 1 aromatic heterocycles. The lowest BCUT2D eigenvalue weighted by atomic mass is 10.2. The van der Waals surface area contributed by atoms with Crippen LogP contribution in [0.4, 0.5) is 11.6 Å². The molecule has 3 rings (SSSR count). The van der Waals surface area contributed by atoms with E-state index in [0.29, 0.717) is 24.5 Å². The van der Waals surface area contributed by atoms with E-state index in [4.69, 9.17) is 10.5 Å². The van der Waals surface area contributed by atoms with Crippen LogP contribution in [0.5, 0.6) is 5.75 Å². The van der Waals surface area contributed by atoms with E-state index in [0.717, 1.165) is 5.56 Å². The number of likely N-dealkylation sites (N-methyl/N-ethyl adjacent to an activating group) is 1. The van der Waals surface area contributed by atoms with Crippen molar-refractivity contribution in [2.45, 2.75) is 26.0 Å². The predicted molar refractivity (Wildman–Crippen MR) is 98.6 cm³/mol. The summed E-state index contributed by atoms with van der Waals surface area (Å²) in [6.07, 6.45) is -0.118. The molecule has 2 heterocycles.